The number of carbonyl (C=O) groups is 2. The Morgan fingerprint density at radius 3 is 2.26 bits per heavy atom. The van der Waals surface area contributed by atoms with Gasteiger partial charge in [-0.3, -0.25) is 14.5 Å². The molecule has 1 saturated heterocycles. The summed E-state index contributed by atoms with van der Waals surface area (Å²) in [5.41, 5.74) is 1.37. The van der Waals surface area contributed by atoms with Gasteiger partial charge in [-0.05, 0) is 64.9 Å². The molecule has 5 rings (SSSR count). The average molecular weight is 453 g/mol. The van der Waals surface area contributed by atoms with Crippen molar-refractivity contribution in [1.82, 2.24) is 0 Å². The maximum atomic E-state index is 13.5. The van der Waals surface area contributed by atoms with E-state index >= 15 is 0 Å². The molecule has 1 unspecified atom stereocenters. The SMILES string of the molecule is COc1ccc(N2C(=O)C(=O)/C(=C(\O)c3ccc(F)cc3)C2c2cccc3ccccc23)cc1. The van der Waals surface area contributed by atoms with E-state index in [2.05, 4.69) is 0 Å². The summed E-state index contributed by atoms with van der Waals surface area (Å²) < 4.78 is 18.7. The molecule has 168 valence electrons. The van der Waals surface area contributed by atoms with Gasteiger partial charge in [0.05, 0.1) is 18.7 Å². The number of ketones is 1. The molecule has 5 nitrogen and oxygen atoms in total. The Labute approximate surface area is 195 Å². The second-order valence-electron chi connectivity index (χ2n) is 7.94. The first-order chi connectivity index (χ1) is 16.5. The molecular formula is C28H20FNO4. The number of nitrogens with zero attached hydrogens (tertiary/aromatic N) is 1. The fourth-order valence-electron chi connectivity index (χ4n) is 4.39. The van der Waals surface area contributed by atoms with Crippen molar-refractivity contribution in [3.8, 4) is 5.75 Å². The zero-order valence-corrected chi connectivity index (χ0v) is 18.2. The van der Waals surface area contributed by atoms with Gasteiger partial charge in [0.1, 0.15) is 17.3 Å². The van der Waals surface area contributed by atoms with E-state index < -0.39 is 23.5 Å². The molecule has 1 N–H and O–H groups in total. The minimum Gasteiger partial charge on any atom is -0.507 e. The van der Waals surface area contributed by atoms with Gasteiger partial charge in [-0.2, -0.15) is 0 Å². The lowest BCUT2D eigenvalue weighted by atomic mass is 9.91. The number of amides is 1. The largest absolute Gasteiger partial charge is 0.507 e. The molecule has 0 spiro atoms. The lowest BCUT2D eigenvalue weighted by Gasteiger charge is -2.26. The Kier molecular flexibility index (Phi) is 5.34. The van der Waals surface area contributed by atoms with Gasteiger partial charge in [0, 0.05) is 11.3 Å². The van der Waals surface area contributed by atoms with E-state index in [4.69, 9.17) is 4.74 Å². The third kappa shape index (κ3) is 3.49. The van der Waals surface area contributed by atoms with Gasteiger partial charge in [-0.15, -0.1) is 0 Å². The van der Waals surface area contributed by atoms with Crippen molar-refractivity contribution < 1.29 is 23.8 Å². The Bertz CT molecular complexity index is 1440. The molecule has 0 aromatic heterocycles. The summed E-state index contributed by atoms with van der Waals surface area (Å²) in [4.78, 5) is 28.0. The van der Waals surface area contributed by atoms with Crippen LogP contribution in [0.4, 0.5) is 10.1 Å². The summed E-state index contributed by atoms with van der Waals surface area (Å²) >= 11 is 0. The Balaban J connectivity index is 1.78. The topological polar surface area (TPSA) is 66.8 Å². The van der Waals surface area contributed by atoms with Crippen molar-refractivity contribution in [2.45, 2.75) is 6.04 Å². The molecule has 0 radical (unpaired) electrons. The van der Waals surface area contributed by atoms with E-state index in [0.29, 0.717) is 17.0 Å². The zero-order valence-electron chi connectivity index (χ0n) is 18.2. The lowest BCUT2D eigenvalue weighted by molar-refractivity contribution is -0.132. The van der Waals surface area contributed by atoms with E-state index in [1.807, 2.05) is 42.5 Å². The van der Waals surface area contributed by atoms with Gasteiger partial charge >= 0.3 is 0 Å². The predicted octanol–water partition coefficient (Wildman–Crippen LogP) is 5.61. The third-order valence-electron chi connectivity index (χ3n) is 6.03. The minimum absolute atomic E-state index is 0.0521. The maximum Gasteiger partial charge on any atom is 0.300 e. The van der Waals surface area contributed by atoms with Gasteiger partial charge in [-0.25, -0.2) is 4.39 Å². The molecule has 1 fully saturated rings. The molecule has 4 aromatic carbocycles. The molecule has 34 heavy (non-hydrogen) atoms. The number of fused-ring (bicyclic) bond motifs is 1. The van der Waals surface area contributed by atoms with Crippen LogP contribution >= 0.6 is 0 Å². The monoisotopic (exact) mass is 453 g/mol. The molecule has 0 saturated carbocycles. The van der Waals surface area contributed by atoms with E-state index in [9.17, 15) is 19.1 Å². The summed E-state index contributed by atoms with van der Waals surface area (Å²) in [6.45, 7) is 0. The zero-order chi connectivity index (χ0) is 23.8. The van der Waals surface area contributed by atoms with Crippen LogP contribution in [0.5, 0.6) is 5.75 Å². The molecule has 6 heteroatoms. The van der Waals surface area contributed by atoms with Gasteiger partial charge in [0.2, 0.25) is 0 Å². The van der Waals surface area contributed by atoms with Gasteiger partial charge in [-0.1, -0.05) is 42.5 Å². The molecule has 1 aliphatic heterocycles. The second-order valence-corrected chi connectivity index (χ2v) is 7.94. The number of hydrogen-bond acceptors (Lipinski definition) is 4. The fraction of sp³-hybridized carbons (Fsp3) is 0.0714. The van der Waals surface area contributed by atoms with Crippen molar-refractivity contribution in [3.05, 3.63) is 114 Å². The molecule has 0 aliphatic carbocycles. The number of hydrogen-bond donors (Lipinski definition) is 1. The van der Waals surface area contributed by atoms with Crippen LogP contribution in [0, 0.1) is 5.82 Å². The number of rotatable bonds is 4. The van der Waals surface area contributed by atoms with Crippen LogP contribution < -0.4 is 9.64 Å². The van der Waals surface area contributed by atoms with E-state index in [-0.39, 0.29) is 16.9 Å². The standard InChI is InChI=1S/C28H20FNO4/c1-34-21-15-13-20(14-16-21)30-25(23-8-4-6-17-5-2-3-7-22(17)23)24(27(32)28(30)33)26(31)18-9-11-19(29)12-10-18/h2-16,25,31H,1H3/b26-24-. The van der Waals surface area contributed by atoms with Crippen LogP contribution in [-0.4, -0.2) is 23.9 Å². The molecule has 4 aromatic rings. The van der Waals surface area contributed by atoms with Crippen molar-refractivity contribution in [2.75, 3.05) is 12.0 Å². The summed E-state index contributed by atoms with van der Waals surface area (Å²) in [6, 6.07) is 24.3. The Hall–Kier alpha value is -4.45. The van der Waals surface area contributed by atoms with Crippen LogP contribution in [0.1, 0.15) is 17.2 Å². The molecule has 1 amide bonds. The van der Waals surface area contributed by atoms with Crippen LogP contribution in [0.25, 0.3) is 16.5 Å². The van der Waals surface area contributed by atoms with Crippen LogP contribution in [0.15, 0.2) is 96.6 Å². The third-order valence-corrected chi connectivity index (χ3v) is 6.03. The number of aliphatic hydroxyl groups is 1. The van der Waals surface area contributed by atoms with E-state index in [0.717, 1.165) is 10.8 Å². The first-order valence-corrected chi connectivity index (χ1v) is 10.7. The van der Waals surface area contributed by atoms with E-state index in [1.165, 1.54) is 29.2 Å². The highest BCUT2D eigenvalue weighted by atomic mass is 19.1. The van der Waals surface area contributed by atoms with Crippen molar-refractivity contribution in [1.29, 1.82) is 0 Å². The lowest BCUT2D eigenvalue weighted by Crippen LogP contribution is -2.29. The van der Waals surface area contributed by atoms with Crippen molar-refractivity contribution in [3.63, 3.8) is 0 Å². The summed E-state index contributed by atoms with van der Waals surface area (Å²) in [5.74, 6) is -1.79. The number of halogens is 1. The number of aliphatic hydroxyl groups excluding tert-OH is 1. The number of ether oxygens (including phenoxy) is 1. The molecule has 0 bridgehead atoms. The number of benzene rings is 4. The summed E-state index contributed by atoms with van der Waals surface area (Å²) in [7, 11) is 1.54. The summed E-state index contributed by atoms with van der Waals surface area (Å²) in [5, 5.41) is 13.0. The smallest absolute Gasteiger partial charge is 0.300 e. The summed E-state index contributed by atoms with van der Waals surface area (Å²) in [6.07, 6.45) is 0. The highest BCUT2D eigenvalue weighted by molar-refractivity contribution is 6.51. The normalized spacial score (nSPS) is 17.4. The first kappa shape index (κ1) is 21.4. The number of Topliss-reactive ketones (excluding diaryl/α,β-unsaturated/α-hetero) is 1. The minimum atomic E-state index is -0.885. The second kappa shape index (κ2) is 8.48. The average Bonchev–Trinajstić information content (AvgIpc) is 3.14. The van der Waals surface area contributed by atoms with Gasteiger partial charge in [0.25, 0.3) is 11.7 Å². The van der Waals surface area contributed by atoms with Crippen LogP contribution in [0.2, 0.25) is 0 Å². The van der Waals surface area contributed by atoms with E-state index in [1.54, 1.807) is 31.4 Å². The number of anilines is 1. The highest BCUT2D eigenvalue weighted by Gasteiger charge is 2.47. The predicted molar refractivity (Wildman–Crippen MR) is 128 cm³/mol. The molecule has 1 atom stereocenters. The first-order valence-electron chi connectivity index (χ1n) is 10.7. The Morgan fingerprint density at radius 2 is 1.56 bits per heavy atom. The fourth-order valence-corrected chi connectivity index (χ4v) is 4.39. The quantitative estimate of drug-likeness (QED) is 0.248. The van der Waals surface area contributed by atoms with Crippen LogP contribution in [0.3, 0.4) is 0 Å². The maximum absolute atomic E-state index is 13.5. The molecule has 1 aliphatic rings. The van der Waals surface area contributed by atoms with Crippen molar-refractivity contribution >= 4 is 33.9 Å². The van der Waals surface area contributed by atoms with Crippen LogP contribution in [-0.2, 0) is 9.59 Å². The molecule has 1 heterocycles. The van der Waals surface area contributed by atoms with Gasteiger partial charge < -0.3 is 9.84 Å². The van der Waals surface area contributed by atoms with Crippen molar-refractivity contribution in [2.24, 2.45) is 0 Å². The Morgan fingerprint density at radius 1 is 0.882 bits per heavy atom. The molecular weight excluding hydrogens is 433 g/mol. The number of carbonyl (C=O) groups excluding carboxylic acids is 2. The highest BCUT2D eigenvalue weighted by Crippen LogP contribution is 2.44. The number of methoxy groups -OCH3 is 1. The van der Waals surface area contributed by atoms with Gasteiger partial charge in [0.15, 0.2) is 0 Å².